The summed E-state index contributed by atoms with van der Waals surface area (Å²) < 4.78 is 5.65. The molecular weight excluding hydrogens is 300 g/mol. The number of hydrogen-bond donors (Lipinski definition) is 0. The van der Waals surface area contributed by atoms with Gasteiger partial charge in [-0.15, -0.1) is 0 Å². The van der Waals surface area contributed by atoms with Crippen LogP contribution in [-0.2, 0) is 11.2 Å². The fourth-order valence-electron chi connectivity index (χ4n) is 2.41. The Kier molecular flexibility index (Phi) is 4.51. The third kappa shape index (κ3) is 3.46. The summed E-state index contributed by atoms with van der Waals surface area (Å²) in [5.74, 6) is 0. The van der Waals surface area contributed by atoms with E-state index in [1.807, 2.05) is 19.2 Å². The highest BCUT2D eigenvalue weighted by Crippen LogP contribution is 2.40. The zero-order chi connectivity index (χ0) is 12.3. The van der Waals surface area contributed by atoms with Crippen molar-refractivity contribution in [1.82, 2.24) is 0 Å². The van der Waals surface area contributed by atoms with Crippen molar-refractivity contribution in [2.45, 2.75) is 42.5 Å². The van der Waals surface area contributed by atoms with Crippen LogP contribution in [0.25, 0.3) is 0 Å². The fraction of sp³-hybridized carbons (Fsp3) is 0.571. The quantitative estimate of drug-likeness (QED) is 0.721. The molecule has 0 spiro atoms. The van der Waals surface area contributed by atoms with Gasteiger partial charge in [-0.25, -0.2) is 0 Å². The minimum absolute atomic E-state index is 0.139. The molecule has 0 aliphatic heterocycles. The molecule has 0 amide bonds. The van der Waals surface area contributed by atoms with Gasteiger partial charge in [-0.1, -0.05) is 39.7 Å². The van der Waals surface area contributed by atoms with E-state index >= 15 is 0 Å². The summed E-state index contributed by atoms with van der Waals surface area (Å²) in [6.45, 7) is 0. The minimum atomic E-state index is 0.139. The van der Waals surface area contributed by atoms with Gasteiger partial charge in [-0.05, 0) is 49.8 Å². The lowest BCUT2D eigenvalue weighted by atomic mass is 9.76. The van der Waals surface area contributed by atoms with E-state index in [2.05, 4.69) is 28.1 Å². The van der Waals surface area contributed by atoms with Gasteiger partial charge in [0.25, 0.3) is 0 Å². The van der Waals surface area contributed by atoms with Gasteiger partial charge < -0.3 is 4.74 Å². The fourth-order valence-corrected chi connectivity index (χ4v) is 3.50. The third-order valence-electron chi connectivity index (χ3n) is 3.66. The number of alkyl halides is 1. The Morgan fingerprint density at radius 1 is 1.35 bits per heavy atom. The lowest BCUT2D eigenvalue weighted by Crippen LogP contribution is -2.41. The van der Waals surface area contributed by atoms with Crippen LogP contribution < -0.4 is 0 Å². The lowest BCUT2D eigenvalue weighted by molar-refractivity contribution is -0.0770. The molecular formula is C14H18BrClO. The number of benzene rings is 1. The molecule has 94 valence electrons. The molecule has 2 rings (SSSR count). The molecule has 3 heteroatoms. The van der Waals surface area contributed by atoms with Crippen molar-refractivity contribution in [1.29, 1.82) is 0 Å². The molecule has 1 saturated carbocycles. The Bertz CT molecular complexity index is 353. The van der Waals surface area contributed by atoms with Crippen LogP contribution in [0.1, 0.15) is 31.2 Å². The highest BCUT2D eigenvalue weighted by Gasteiger charge is 2.38. The molecule has 1 unspecified atom stereocenters. The Morgan fingerprint density at radius 3 is 2.47 bits per heavy atom. The van der Waals surface area contributed by atoms with E-state index < -0.39 is 0 Å². The number of halogens is 2. The third-order valence-corrected chi connectivity index (χ3v) is 4.56. The topological polar surface area (TPSA) is 9.23 Å². The average molecular weight is 318 g/mol. The predicted molar refractivity (Wildman–Crippen MR) is 76.1 cm³/mol. The Hall–Kier alpha value is -0.0500. The molecule has 1 nitrogen and oxygen atoms in total. The van der Waals surface area contributed by atoms with E-state index in [1.165, 1.54) is 24.8 Å². The van der Waals surface area contributed by atoms with E-state index in [-0.39, 0.29) is 5.60 Å². The molecule has 1 aromatic carbocycles. The van der Waals surface area contributed by atoms with Crippen LogP contribution >= 0.6 is 27.5 Å². The van der Waals surface area contributed by atoms with E-state index in [0.29, 0.717) is 4.83 Å². The molecule has 1 aliphatic rings. The van der Waals surface area contributed by atoms with E-state index in [4.69, 9.17) is 16.3 Å². The molecule has 0 heterocycles. The van der Waals surface area contributed by atoms with E-state index in [1.54, 1.807) is 0 Å². The summed E-state index contributed by atoms with van der Waals surface area (Å²) >= 11 is 9.65. The standard InChI is InChI=1S/C14H18BrClO/c1-17-14(7-2-8-14)10-12(15)9-11-3-5-13(16)6-4-11/h3-6,12H,2,7-10H2,1H3. The maximum Gasteiger partial charge on any atom is 0.0689 e. The summed E-state index contributed by atoms with van der Waals surface area (Å²) in [5.41, 5.74) is 1.46. The zero-order valence-corrected chi connectivity index (χ0v) is 12.4. The van der Waals surface area contributed by atoms with Gasteiger partial charge in [-0.2, -0.15) is 0 Å². The smallest absolute Gasteiger partial charge is 0.0689 e. The van der Waals surface area contributed by atoms with Crippen molar-refractivity contribution in [3.05, 3.63) is 34.9 Å². The largest absolute Gasteiger partial charge is 0.378 e. The summed E-state index contributed by atoms with van der Waals surface area (Å²) in [4.78, 5) is 0.476. The second kappa shape index (κ2) is 5.73. The maximum absolute atomic E-state index is 5.88. The molecule has 0 bridgehead atoms. The van der Waals surface area contributed by atoms with Gasteiger partial charge in [0.05, 0.1) is 5.60 Å². The Balaban J connectivity index is 1.88. The van der Waals surface area contributed by atoms with Gasteiger partial charge >= 0.3 is 0 Å². The molecule has 1 aliphatic carbocycles. The number of hydrogen-bond acceptors (Lipinski definition) is 1. The normalized spacial score (nSPS) is 19.7. The molecule has 0 N–H and O–H groups in total. The number of rotatable bonds is 5. The second-order valence-electron chi connectivity index (χ2n) is 4.87. The first kappa shape index (κ1) is 13.4. The number of ether oxygens (including phenoxy) is 1. The summed E-state index contributed by atoms with van der Waals surface area (Å²) in [5, 5.41) is 0.798. The van der Waals surface area contributed by atoms with Gasteiger partial charge in [0.1, 0.15) is 0 Å². The molecule has 0 radical (unpaired) electrons. The van der Waals surface area contributed by atoms with Crippen molar-refractivity contribution in [2.75, 3.05) is 7.11 Å². The monoisotopic (exact) mass is 316 g/mol. The second-order valence-corrected chi connectivity index (χ2v) is 6.60. The van der Waals surface area contributed by atoms with Crippen molar-refractivity contribution in [2.24, 2.45) is 0 Å². The van der Waals surface area contributed by atoms with Crippen LogP contribution in [-0.4, -0.2) is 17.5 Å². The molecule has 1 fully saturated rings. The van der Waals surface area contributed by atoms with E-state index in [0.717, 1.165) is 17.9 Å². The highest BCUT2D eigenvalue weighted by atomic mass is 79.9. The van der Waals surface area contributed by atoms with Crippen LogP contribution in [0.15, 0.2) is 24.3 Å². The predicted octanol–water partition coefficient (Wildman–Crippen LogP) is 4.61. The van der Waals surface area contributed by atoms with E-state index in [9.17, 15) is 0 Å². The van der Waals surface area contributed by atoms with Gasteiger partial charge in [0.15, 0.2) is 0 Å². The molecule has 1 atom stereocenters. The average Bonchev–Trinajstić information content (AvgIpc) is 2.27. The summed E-state index contributed by atoms with van der Waals surface area (Å²) in [6.07, 6.45) is 5.82. The van der Waals surface area contributed by atoms with Gasteiger partial charge in [-0.3, -0.25) is 0 Å². The van der Waals surface area contributed by atoms with Crippen molar-refractivity contribution < 1.29 is 4.74 Å². The van der Waals surface area contributed by atoms with Crippen LogP contribution in [0.5, 0.6) is 0 Å². The van der Waals surface area contributed by atoms with Crippen LogP contribution in [0, 0.1) is 0 Å². The molecule has 1 aromatic rings. The first-order valence-electron chi connectivity index (χ1n) is 6.07. The SMILES string of the molecule is COC1(CC(Br)Cc2ccc(Cl)cc2)CCC1. The van der Waals surface area contributed by atoms with Crippen molar-refractivity contribution in [3.63, 3.8) is 0 Å². The first-order chi connectivity index (χ1) is 8.13. The Labute approximate surface area is 117 Å². The first-order valence-corrected chi connectivity index (χ1v) is 7.37. The molecule has 0 saturated heterocycles. The van der Waals surface area contributed by atoms with Crippen molar-refractivity contribution >= 4 is 27.5 Å². The van der Waals surface area contributed by atoms with Crippen LogP contribution in [0.2, 0.25) is 5.02 Å². The summed E-state index contributed by atoms with van der Waals surface area (Å²) in [6, 6.07) is 8.09. The van der Waals surface area contributed by atoms with Gasteiger partial charge in [0.2, 0.25) is 0 Å². The lowest BCUT2D eigenvalue weighted by Gasteiger charge is -2.42. The van der Waals surface area contributed by atoms with Crippen molar-refractivity contribution in [3.8, 4) is 0 Å². The maximum atomic E-state index is 5.88. The number of methoxy groups -OCH3 is 1. The zero-order valence-electron chi connectivity index (χ0n) is 10.1. The molecule has 17 heavy (non-hydrogen) atoms. The Morgan fingerprint density at radius 2 is 2.00 bits per heavy atom. The van der Waals surface area contributed by atoms with Crippen LogP contribution in [0.3, 0.4) is 0 Å². The minimum Gasteiger partial charge on any atom is -0.378 e. The highest BCUT2D eigenvalue weighted by molar-refractivity contribution is 9.09. The van der Waals surface area contributed by atoms with Gasteiger partial charge in [0, 0.05) is 17.0 Å². The van der Waals surface area contributed by atoms with Crippen LogP contribution in [0.4, 0.5) is 0 Å². The summed E-state index contributed by atoms with van der Waals surface area (Å²) in [7, 11) is 1.83. The molecule has 0 aromatic heterocycles.